The van der Waals surface area contributed by atoms with Gasteiger partial charge < -0.3 is 14.7 Å². The van der Waals surface area contributed by atoms with E-state index < -0.39 is 0 Å². The second-order valence-electron chi connectivity index (χ2n) is 5.32. The highest BCUT2D eigenvalue weighted by atomic mass is 16.5. The molecule has 0 saturated carbocycles. The van der Waals surface area contributed by atoms with Gasteiger partial charge in [0.1, 0.15) is 11.8 Å². The van der Waals surface area contributed by atoms with Crippen molar-refractivity contribution < 1.29 is 14.6 Å². The molecule has 25 heavy (non-hydrogen) atoms. The molecule has 0 saturated heterocycles. The minimum Gasteiger partial charge on any atom is -0.479 e. The highest BCUT2D eigenvalue weighted by molar-refractivity contribution is 5.91. The normalized spacial score (nSPS) is 10.4. The number of hydrogen-bond donors (Lipinski definition) is 1. The Morgan fingerprint density at radius 2 is 1.88 bits per heavy atom. The van der Waals surface area contributed by atoms with Gasteiger partial charge in [-0.25, -0.2) is 0 Å². The van der Waals surface area contributed by atoms with Gasteiger partial charge in [0, 0.05) is 19.2 Å². The quantitative estimate of drug-likeness (QED) is 0.752. The molecular weight excluding hydrogens is 316 g/mol. The van der Waals surface area contributed by atoms with Gasteiger partial charge in [-0.05, 0) is 29.3 Å². The first kappa shape index (κ1) is 18.2. The van der Waals surface area contributed by atoms with Crippen LogP contribution >= 0.6 is 0 Å². The standard InChI is InChI=1S/C20H20N2O3/c21-12-15-25-19-9-6-17(7-10-19)8-11-20(24)22(13-14-23)16-18-4-2-1-3-5-18/h1-11,23H,13-16H2/b11-8+. The Hall–Kier alpha value is -3.10. The van der Waals surface area contributed by atoms with E-state index in [2.05, 4.69) is 0 Å². The van der Waals surface area contributed by atoms with E-state index in [4.69, 9.17) is 10.00 Å². The number of benzene rings is 2. The number of carbonyl (C=O) groups excluding carboxylic acids is 1. The molecule has 0 spiro atoms. The van der Waals surface area contributed by atoms with E-state index in [1.807, 2.05) is 48.5 Å². The molecule has 0 heterocycles. The molecule has 0 aliphatic carbocycles. The lowest BCUT2D eigenvalue weighted by molar-refractivity contribution is -0.127. The van der Waals surface area contributed by atoms with Crippen molar-refractivity contribution in [3.8, 4) is 11.8 Å². The molecule has 2 rings (SSSR count). The summed E-state index contributed by atoms with van der Waals surface area (Å²) in [6.07, 6.45) is 3.20. The predicted octanol–water partition coefficient (Wildman–Crippen LogP) is 2.62. The van der Waals surface area contributed by atoms with Crippen molar-refractivity contribution in [1.29, 1.82) is 5.26 Å². The fraction of sp³-hybridized carbons (Fsp3) is 0.200. The minimum absolute atomic E-state index is 0.00325. The second-order valence-corrected chi connectivity index (χ2v) is 5.32. The number of rotatable bonds is 8. The van der Waals surface area contributed by atoms with Crippen molar-refractivity contribution in [1.82, 2.24) is 4.90 Å². The van der Waals surface area contributed by atoms with Crippen LogP contribution < -0.4 is 4.74 Å². The highest BCUT2D eigenvalue weighted by Crippen LogP contribution is 2.13. The van der Waals surface area contributed by atoms with Crippen LogP contribution in [-0.2, 0) is 11.3 Å². The number of hydrogen-bond acceptors (Lipinski definition) is 4. The molecule has 128 valence electrons. The maximum absolute atomic E-state index is 12.4. The third kappa shape index (κ3) is 6.13. The lowest BCUT2D eigenvalue weighted by atomic mass is 10.2. The largest absolute Gasteiger partial charge is 0.479 e. The highest BCUT2D eigenvalue weighted by Gasteiger charge is 2.10. The van der Waals surface area contributed by atoms with Crippen molar-refractivity contribution in [2.45, 2.75) is 6.54 Å². The van der Waals surface area contributed by atoms with Gasteiger partial charge in [0.2, 0.25) is 5.91 Å². The zero-order valence-electron chi connectivity index (χ0n) is 13.8. The number of nitrogens with zero attached hydrogens (tertiary/aromatic N) is 2. The van der Waals surface area contributed by atoms with Gasteiger partial charge >= 0.3 is 0 Å². The zero-order valence-corrected chi connectivity index (χ0v) is 13.8. The fourth-order valence-electron chi connectivity index (χ4n) is 2.26. The van der Waals surface area contributed by atoms with E-state index in [0.29, 0.717) is 12.3 Å². The van der Waals surface area contributed by atoms with Gasteiger partial charge in [-0.2, -0.15) is 5.26 Å². The smallest absolute Gasteiger partial charge is 0.246 e. The number of nitriles is 1. The maximum Gasteiger partial charge on any atom is 0.246 e. The summed E-state index contributed by atoms with van der Waals surface area (Å²) in [5.41, 5.74) is 1.86. The molecule has 0 atom stereocenters. The average Bonchev–Trinajstić information content (AvgIpc) is 2.66. The van der Waals surface area contributed by atoms with E-state index >= 15 is 0 Å². The summed E-state index contributed by atoms with van der Waals surface area (Å²) in [5.74, 6) is 0.443. The van der Waals surface area contributed by atoms with Crippen molar-refractivity contribution >= 4 is 12.0 Å². The predicted molar refractivity (Wildman–Crippen MR) is 95.5 cm³/mol. The summed E-state index contributed by atoms with van der Waals surface area (Å²) < 4.78 is 5.18. The summed E-state index contributed by atoms with van der Waals surface area (Å²) in [6.45, 7) is 0.644. The summed E-state index contributed by atoms with van der Waals surface area (Å²) in [5, 5.41) is 17.7. The number of amides is 1. The fourth-order valence-corrected chi connectivity index (χ4v) is 2.26. The number of aliphatic hydroxyl groups is 1. The van der Waals surface area contributed by atoms with Crippen LogP contribution in [0.2, 0.25) is 0 Å². The van der Waals surface area contributed by atoms with Crippen molar-refractivity contribution in [3.63, 3.8) is 0 Å². The van der Waals surface area contributed by atoms with E-state index in [0.717, 1.165) is 11.1 Å². The van der Waals surface area contributed by atoms with Gasteiger partial charge in [-0.15, -0.1) is 0 Å². The lowest BCUT2D eigenvalue weighted by Crippen LogP contribution is -2.31. The summed E-state index contributed by atoms with van der Waals surface area (Å²) in [7, 11) is 0. The van der Waals surface area contributed by atoms with E-state index in [1.165, 1.54) is 6.08 Å². The topological polar surface area (TPSA) is 73.6 Å². The molecule has 0 unspecified atom stereocenters. The molecule has 5 heteroatoms. The number of carbonyl (C=O) groups is 1. The Labute approximate surface area is 147 Å². The second kappa shape index (κ2) is 9.91. The summed E-state index contributed by atoms with van der Waals surface area (Å²) in [6, 6.07) is 18.7. The first-order valence-electron chi connectivity index (χ1n) is 7.94. The van der Waals surface area contributed by atoms with Crippen molar-refractivity contribution in [2.75, 3.05) is 19.8 Å². The van der Waals surface area contributed by atoms with Gasteiger partial charge in [0.25, 0.3) is 0 Å². The molecule has 1 amide bonds. The number of ether oxygens (including phenoxy) is 1. The van der Waals surface area contributed by atoms with Gasteiger partial charge in [0.15, 0.2) is 6.61 Å². The molecule has 0 fully saturated rings. The third-order valence-corrected chi connectivity index (χ3v) is 3.50. The zero-order chi connectivity index (χ0) is 17.9. The monoisotopic (exact) mass is 336 g/mol. The molecule has 1 N–H and O–H groups in total. The first-order valence-corrected chi connectivity index (χ1v) is 7.94. The molecule has 0 aliphatic rings. The Kier molecular flexibility index (Phi) is 7.23. The molecule has 0 aliphatic heterocycles. The third-order valence-electron chi connectivity index (χ3n) is 3.50. The number of aliphatic hydroxyl groups excluding tert-OH is 1. The molecule has 0 bridgehead atoms. The minimum atomic E-state index is -0.164. The first-order chi connectivity index (χ1) is 12.2. The van der Waals surface area contributed by atoms with E-state index in [-0.39, 0.29) is 25.7 Å². The Balaban J connectivity index is 1.99. The lowest BCUT2D eigenvalue weighted by Gasteiger charge is -2.20. The van der Waals surface area contributed by atoms with Gasteiger partial charge in [-0.1, -0.05) is 42.5 Å². The molecule has 2 aromatic rings. The van der Waals surface area contributed by atoms with E-state index in [1.54, 1.807) is 23.1 Å². The van der Waals surface area contributed by atoms with E-state index in [9.17, 15) is 9.90 Å². The molecule has 5 nitrogen and oxygen atoms in total. The molecular formula is C20H20N2O3. The Morgan fingerprint density at radius 1 is 1.16 bits per heavy atom. The Bertz CT molecular complexity index is 734. The van der Waals surface area contributed by atoms with Gasteiger partial charge in [0.05, 0.1) is 6.61 Å². The molecule has 2 aromatic carbocycles. The van der Waals surface area contributed by atoms with Crippen LogP contribution in [-0.4, -0.2) is 35.7 Å². The van der Waals surface area contributed by atoms with Crippen LogP contribution in [0.4, 0.5) is 0 Å². The van der Waals surface area contributed by atoms with Crippen LogP contribution in [0.25, 0.3) is 6.08 Å². The van der Waals surface area contributed by atoms with Gasteiger partial charge in [-0.3, -0.25) is 4.79 Å². The van der Waals surface area contributed by atoms with Crippen molar-refractivity contribution in [2.24, 2.45) is 0 Å². The molecule has 0 aromatic heterocycles. The van der Waals surface area contributed by atoms with Crippen LogP contribution in [0, 0.1) is 11.3 Å². The Morgan fingerprint density at radius 3 is 2.52 bits per heavy atom. The van der Waals surface area contributed by atoms with Crippen LogP contribution in [0.3, 0.4) is 0 Å². The SMILES string of the molecule is N#CCOc1ccc(/C=C/C(=O)N(CCO)Cc2ccccc2)cc1. The summed E-state index contributed by atoms with van der Waals surface area (Å²) >= 11 is 0. The van der Waals surface area contributed by atoms with Crippen LogP contribution in [0.5, 0.6) is 5.75 Å². The van der Waals surface area contributed by atoms with Crippen LogP contribution in [0.1, 0.15) is 11.1 Å². The molecule has 0 radical (unpaired) electrons. The average molecular weight is 336 g/mol. The van der Waals surface area contributed by atoms with Crippen molar-refractivity contribution in [3.05, 3.63) is 71.8 Å². The van der Waals surface area contributed by atoms with Crippen LogP contribution in [0.15, 0.2) is 60.7 Å². The summed E-state index contributed by atoms with van der Waals surface area (Å²) in [4.78, 5) is 14.0. The maximum atomic E-state index is 12.4.